The molecule has 0 N–H and O–H groups in total. The maximum atomic E-state index is 13.1. The molecule has 3 rings (SSSR count). The quantitative estimate of drug-likeness (QED) is 0.472. The van der Waals surface area contributed by atoms with E-state index in [1.165, 1.54) is 4.57 Å². The van der Waals surface area contributed by atoms with Crippen LogP contribution in [0.5, 0.6) is 0 Å². The lowest BCUT2D eigenvalue weighted by Crippen LogP contribution is -2.27. The zero-order valence-corrected chi connectivity index (χ0v) is 18.8. The van der Waals surface area contributed by atoms with Crippen LogP contribution in [0.15, 0.2) is 45.6 Å². The fourth-order valence-electron chi connectivity index (χ4n) is 3.06. The van der Waals surface area contributed by atoms with Crippen LogP contribution < -0.4 is 5.56 Å². The van der Waals surface area contributed by atoms with Gasteiger partial charge in [-0.15, -0.1) is 0 Å². The first-order chi connectivity index (χ1) is 14.0. The summed E-state index contributed by atoms with van der Waals surface area (Å²) in [5, 5.41) is 9.52. The van der Waals surface area contributed by atoms with E-state index in [0.29, 0.717) is 33.6 Å². The number of nitriles is 1. The fraction of sp³-hybridized carbons (Fsp3) is 0.304. The van der Waals surface area contributed by atoms with Gasteiger partial charge in [-0.05, 0) is 76.6 Å². The van der Waals surface area contributed by atoms with E-state index < -0.39 is 16.1 Å². The van der Waals surface area contributed by atoms with E-state index in [4.69, 9.17) is 10.2 Å². The topological polar surface area (TPSA) is 94.1 Å². The molecule has 0 aliphatic carbocycles. The van der Waals surface area contributed by atoms with Crippen molar-refractivity contribution in [3.63, 3.8) is 0 Å². The molecule has 0 aliphatic rings. The molecule has 30 heavy (non-hydrogen) atoms. The van der Waals surface area contributed by atoms with Crippen molar-refractivity contribution in [3.05, 3.63) is 63.4 Å². The molecule has 0 bridgehead atoms. The Morgan fingerprint density at radius 3 is 2.43 bits per heavy atom. The van der Waals surface area contributed by atoms with Crippen molar-refractivity contribution in [1.29, 1.82) is 5.26 Å². The summed E-state index contributed by atoms with van der Waals surface area (Å²) in [7, 11) is 1.68. The minimum Gasteiger partial charge on any atom is -0.591 e. The summed E-state index contributed by atoms with van der Waals surface area (Å²) in [4.78, 5) is 17.9. The first kappa shape index (κ1) is 21.8. The van der Waals surface area contributed by atoms with Gasteiger partial charge < -0.3 is 4.55 Å². The van der Waals surface area contributed by atoms with E-state index in [0.717, 1.165) is 11.1 Å². The largest absolute Gasteiger partial charge is 0.591 e. The van der Waals surface area contributed by atoms with E-state index in [1.54, 1.807) is 38.2 Å². The summed E-state index contributed by atoms with van der Waals surface area (Å²) in [6, 6.07) is 12.7. The van der Waals surface area contributed by atoms with Crippen LogP contribution in [0.1, 0.15) is 44.4 Å². The van der Waals surface area contributed by atoms with Gasteiger partial charge in [-0.1, -0.05) is 4.40 Å². The monoisotopic (exact) mass is 420 g/mol. The number of benzene rings is 2. The third kappa shape index (κ3) is 4.16. The molecule has 0 aliphatic heterocycles. The highest BCUT2D eigenvalue weighted by Gasteiger charge is 2.27. The van der Waals surface area contributed by atoms with Gasteiger partial charge in [0, 0.05) is 18.2 Å². The molecule has 0 unspecified atom stereocenters. The second-order valence-corrected chi connectivity index (χ2v) is 10.1. The van der Waals surface area contributed by atoms with E-state index in [9.17, 15) is 9.35 Å². The Bertz CT molecular complexity index is 1250. The van der Waals surface area contributed by atoms with Gasteiger partial charge in [-0.2, -0.15) is 5.26 Å². The van der Waals surface area contributed by atoms with Gasteiger partial charge >= 0.3 is 0 Å². The molecule has 0 saturated carbocycles. The highest BCUT2D eigenvalue weighted by molar-refractivity contribution is 7.91. The Balaban J connectivity index is 2.29. The number of aryl methyl sites for hydroxylation is 1. The maximum absolute atomic E-state index is 13.1. The van der Waals surface area contributed by atoms with Gasteiger partial charge in [0.05, 0.1) is 28.2 Å². The lowest BCUT2D eigenvalue weighted by atomic mass is 10.0. The van der Waals surface area contributed by atoms with Crippen LogP contribution in [0.3, 0.4) is 0 Å². The molecule has 6 nitrogen and oxygen atoms in total. The van der Waals surface area contributed by atoms with Crippen molar-refractivity contribution in [2.24, 2.45) is 11.4 Å². The summed E-state index contributed by atoms with van der Waals surface area (Å²) < 4.78 is 18.0. The molecule has 0 radical (unpaired) electrons. The van der Waals surface area contributed by atoms with Crippen molar-refractivity contribution in [1.82, 2.24) is 9.55 Å². The van der Waals surface area contributed by atoms with E-state index in [1.807, 2.05) is 39.8 Å². The molecular weight excluding hydrogens is 396 g/mol. The van der Waals surface area contributed by atoms with Crippen LogP contribution in [0, 0.1) is 18.3 Å². The molecule has 7 heteroatoms. The molecule has 0 spiro atoms. The van der Waals surface area contributed by atoms with Gasteiger partial charge in [0.25, 0.3) is 5.56 Å². The number of fused-ring (bicyclic) bond motifs is 1. The van der Waals surface area contributed by atoms with Crippen molar-refractivity contribution in [2.75, 3.05) is 0 Å². The standard InChI is InChI=1S/C23H24N4O2S/c1-14-11-18(15(2)26-30(29)23(3,4)5)20-19(12-14)22(28)27(6)21(25-20)17-9-7-16(13-24)8-10-17/h7-12H,1-6H3/t30-/m1/s1. The number of aromatic nitrogens is 2. The van der Waals surface area contributed by atoms with E-state index >= 15 is 0 Å². The smallest absolute Gasteiger partial charge is 0.261 e. The van der Waals surface area contributed by atoms with Gasteiger partial charge in [0.1, 0.15) is 21.9 Å². The molecule has 154 valence electrons. The second-order valence-electron chi connectivity index (χ2n) is 8.24. The molecule has 2 aromatic carbocycles. The normalized spacial score (nSPS) is 13.3. The Morgan fingerprint density at radius 1 is 1.23 bits per heavy atom. The van der Waals surface area contributed by atoms with Gasteiger partial charge in [0.15, 0.2) is 0 Å². The van der Waals surface area contributed by atoms with Crippen molar-refractivity contribution in [2.45, 2.75) is 39.4 Å². The third-order valence-electron chi connectivity index (χ3n) is 4.73. The van der Waals surface area contributed by atoms with Gasteiger partial charge in [0.2, 0.25) is 0 Å². The predicted octanol–water partition coefficient (Wildman–Crippen LogP) is 4.05. The van der Waals surface area contributed by atoms with Crippen molar-refractivity contribution < 1.29 is 4.55 Å². The highest BCUT2D eigenvalue weighted by Crippen LogP contribution is 2.24. The Morgan fingerprint density at radius 2 is 1.87 bits per heavy atom. The molecule has 1 aromatic heterocycles. The van der Waals surface area contributed by atoms with Crippen molar-refractivity contribution >= 4 is 28.0 Å². The third-order valence-corrected chi connectivity index (χ3v) is 6.22. The minimum absolute atomic E-state index is 0.172. The SMILES string of the molecule is CC(=N[S@+]([O-])C(C)(C)C)c1cc(C)cc2c(=O)n(C)c(-c3ccc(C#N)cc3)nc12. The molecule has 1 atom stereocenters. The number of rotatable bonds is 3. The van der Waals surface area contributed by atoms with E-state index in [-0.39, 0.29) is 5.56 Å². The number of hydrogen-bond donors (Lipinski definition) is 0. The average Bonchev–Trinajstić information content (AvgIpc) is 2.69. The molecule has 0 fully saturated rings. The zero-order chi connectivity index (χ0) is 22.2. The zero-order valence-electron chi connectivity index (χ0n) is 18.0. The molecule has 3 aromatic rings. The Kier molecular flexibility index (Phi) is 5.84. The summed E-state index contributed by atoms with van der Waals surface area (Å²) in [5.41, 5.74) is 3.78. The lowest BCUT2D eigenvalue weighted by molar-refractivity contribution is 0.561. The second kappa shape index (κ2) is 8.05. The van der Waals surface area contributed by atoms with E-state index in [2.05, 4.69) is 10.5 Å². The fourth-order valence-corrected chi connectivity index (χ4v) is 3.68. The number of hydrogen-bond acceptors (Lipinski definition) is 5. The molecule has 1 heterocycles. The number of nitrogens with zero attached hydrogens (tertiary/aromatic N) is 4. The van der Waals surface area contributed by atoms with Gasteiger partial charge in [-0.3, -0.25) is 9.36 Å². The predicted molar refractivity (Wildman–Crippen MR) is 122 cm³/mol. The first-order valence-corrected chi connectivity index (χ1v) is 10.6. The Hall–Kier alpha value is -2.95. The molecule has 0 saturated heterocycles. The summed E-state index contributed by atoms with van der Waals surface area (Å²) in [5.74, 6) is 0.492. The highest BCUT2D eigenvalue weighted by atomic mass is 32.2. The van der Waals surface area contributed by atoms with Gasteiger partial charge in [-0.25, -0.2) is 4.98 Å². The van der Waals surface area contributed by atoms with Crippen molar-refractivity contribution in [3.8, 4) is 17.5 Å². The van der Waals surface area contributed by atoms with Crippen LogP contribution in [0.2, 0.25) is 0 Å². The minimum atomic E-state index is -1.43. The average molecular weight is 421 g/mol. The summed E-state index contributed by atoms with van der Waals surface area (Å²) in [6.45, 7) is 9.30. The van der Waals surface area contributed by atoms with Crippen LogP contribution in [0.4, 0.5) is 0 Å². The van der Waals surface area contributed by atoms with Crippen LogP contribution >= 0.6 is 0 Å². The van der Waals surface area contributed by atoms with Crippen LogP contribution in [-0.4, -0.2) is 24.6 Å². The first-order valence-electron chi connectivity index (χ1n) is 9.52. The Labute approximate surface area is 179 Å². The molecular formula is C23H24N4O2S. The van der Waals surface area contributed by atoms with Crippen LogP contribution in [-0.2, 0) is 18.4 Å². The summed E-state index contributed by atoms with van der Waals surface area (Å²) >= 11 is -1.43. The lowest BCUT2D eigenvalue weighted by Gasteiger charge is -2.19. The maximum Gasteiger partial charge on any atom is 0.261 e. The van der Waals surface area contributed by atoms with Crippen LogP contribution in [0.25, 0.3) is 22.3 Å². The molecule has 0 amide bonds. The summed E-state index contributed by atoms with van der Waals surface area (Å²) in [6.07, 6.45) is 0.